The van der Waals surface area contributed by atoms with E-state index in [9.17, 15) is 4.79 Å². The summed E-state index contributed by atoms with van der Waals surface area (Å²) < 4.78 is 16.6. The number of hydrogen-bond acceptors (Lipinski definition) is 4. The van der Waals surface area contributed by atoms with Crippen molar-refractivity contribution in [2.75, 3.05) is 13.3 Å². The lowest BCUT2D eigenvalue weighted by Crippen LogP contribution is -2.43. The molecule has 7 heteroatoms. The molecule has 0 saturated heterocycles. The van der Waals surface area contributed by atoms with E-state index in [0.29, 0.717) is 28.9 Å². The minimum absolute atomic E-state index is 0.0840. The maximum Gasteiger partial charge on any atom is 0.263 e. The summed E-state index contributed by atoms with van der Waals surface area (Å²) in [7, 11) is 0. The van der Waals surface area contributed by atoms with Gasteiger partial charge in [-0.05, 0) is 54.8 Å². The minimum Gasteiger partial charge on any atom is -0.479 e. The third-order valence-electron chi connectivity index (χ3n) is 4.56. The predicted molar refractivity (Wildman–Crippen MR) is 98.2 cm³/mol. The number of amides is 1. The van der Waals surface area contributed by atoms with Crippen molar-refractivity contribution in [3.8, 4) is 17.2 Å². The zero-order valence-corrected chi connectivity index (χ0v) is 15.6. The van der Waals surface area contributed by atoms with E-state index in [-0.39, 0.29) is 12.7 Å². The molecular formula is C19H17Cl2NO4. The van der Waals surface area contributed by atoms with Crippen molar-refractivity contribution in [2.24, 2.45) is 0 Å². The van der Waals surface area contributed by atoms with Crippen LogP contribution in [0.2, 0.25) is 10.0 Å². The van der Waals surface area contributed by atoms with Gasteiger partial charge in [-0.1, -0.05) is 23.2 Å². The topological polar surface area (TPSA) is 48.0 Å². The molecule has 0 saturated carbocycles. The van der Waals surface area contributed by atoms with Crippen LogP contribution < -0.4 is 14.2 Å². The number of hydrogen-bond donors (Lipinski definition) is 0. The Morgan fingerprint density at radius 2 is 1.88 bits per heavy atom. The summed E-state index contributed by atoms with van der Waals surface area (Å²) in [6.07, 6.45) is 0.121. The number of halogens is 2. The lowest BCUT2D eigenvalue weighted by Gasteiger charge is -2.31. The molecule has 2 aliphatic rings. The Morgan fingerprint density at radius 3 is 2.62 bits per heavy atom. The number of carbonyl (C=O) groups is 1. The largest absolute Gasteiger partial charge is 0.479 e. The summed E-state index contributed by atoms with van der Waals surface area (Å²) in [5, 5.41) is 0.904. The quantitative estimate of drug-likeness (QED) is 0.788. The van der Waals surface area contributed by atoms with Gasteiger partial charge in [0.15, 0.2) is 17.6 Å². The van der Waals surface area contributed by atoms with Crippen LogP contribution in [0.1, 0.15) is 18.1 Å². The molecule has 1 amide bonds. The molecule has 1 unspecified atom stereocenters. The van der Waals surface area contributed by atoms with E-state index in [1.54, 1.807) is 30.0 Å². The van der Waals surface area contributed by atoms with Crippen molar-refractivity contribution in [2.45, 2.75) is 26.0 Å². The van der Waals surface area contributed by atoms with Crippen LogP contribution in [0.15, 0.2) is 30.3 Å². The summed E-state index contributed by atoms with van der Waals surface area (Å²) in [5.74, 6) is 1.87. The first-order valence-corrected chi connectivity index (χ1v) is 9.09. The molecule has 5 nitrogen and oxygen atoms in total. The molecule has 0 N–H and O–H groups in total. The highest BCUT2D eigenvalue weighted by Gasteiger charge is 2.28. The Bertz CT molecular complexity index is 871. The van der Waals surface area contributed by atoms with Gasteiger partial charge < -0.3 is 19.1 Å². The van der Waals surface area contributed by atoms with E-state index < -0.39 is 6.10 Å². The van der Waals surface area contributed by atoms with Crippen LogP contribution in [0.4, 0.5) is 0 Å². The van der Waals surface area contributed by atoms with E-state index in [1.165, 1.54) is 5.56 Å². The van der Waals surface area contributed by atoms with Gasteiger partial charge in [0.1, 0.15) is 5.75 Å². The molecule has 2 heterocycles. The molecule has 4 rings (SSSR count). The number of benzene rings is 2. The molecule has 0 bridgehead atoms. The predicted octanol–water partition coefficient (Wildman–Crippen LogP) is 4.07. The lowest BCUT2D eigenvalue weighted by molar-refractivity contribution is -0.138. The van der Waals surface area contributed by atoms with Crippen molar-refractivity contribution in [1.29, 1.82) is 0 Å². The van der Waals surface area contributed by atoms with Gasteiger partial charge in [0, 0.05) is 18.1 Å². The van der Waals surface area contributed by atoms with Gasteiger partial charge >= 0.3 is 0 Å². The van der Waals surface area contributed by atoms with Gasteiger partial charge in [0.25, 0.3) is 5.91 Å². The maximum atomic E-state index is 12.8. The number of carbonyl (C=O) groups excluding carboxylic acids is 1. The summed E-state index contributed by atoms with van der Waals surface area (Å²) in [4.78, 5) is 14.6. The molecule has 2 aromatic carbocycles. The van der Waals surface area contributed by atoms with Crippen LogP contribution in [0, 0.1) is 0 Å². The van der Waals surface area contributed by atoms with Crippen molar-refractivity contribution in [1.82, 2.24) is 4.90 Å². The third-order valence-corrected chi connectivity index (χ3v) is 5.09. The van der Waals surface area contributed by atoms with Crippen LogP contribution in [0.5, 0.6) is 17.2 Å². The monoisotopic (exact) mass is 393 g/mol. The highest BCUT2D eigenvalue weighted by molar-refractivity contribution is 6.35. The van der Waals surface area contributed by atoms with Crippen molar-refractivity contribution < 1.29 is 19.0 Å². The summed E-state index contributed by atoms with van der Waals surface area (Å²) in [5.41, 5.74) is 2.26. The first-order valence-electron chi connectivity index (χ1n) is 8.33. The average Bonchev–Trinajstić information content (AvgIpc) is 3.08. The SMILES string of the molecule is CC(Oc1ccc(Cl)cc1Cl)C(=O)N1CCc2cc3c(cc2C1)OCO3. The molecule has 0 radical (unpaired) electrons. The van der Waals surface area contributed by atoms with Crippen molar-refractivity contribution in [3.63, 3.8) is 0 Å². The van der Waals surface area contributed by atoms with E-state index in [2.05, 4.69) is 0 Å². The van der Waals surface area contributed by atoms with Crippen LogP contribution in [0.3, 0.4) is 0 Å². The molecule has 26 heavy (non-hydrogen) atoms. The molecular weight excluding hydrogens is 377 g/mol. The summed E-state index contributed by atoms with van der Waals surface area (Å²) in [6, 6.07) is 8.90. The van der Waals surface area contributed by atoms with Crippen LogP contribution in [-0.4, -0.2) is 30.2 Å². The molecule has 136 valence electrons. The Labute approximate surface area is 161 Å². The number of nitrogens with zero attached hydrogens (tertiary/aromatic N) is 1. The van der Waals surface area contributed by atoms with Crippen LogP contribution in [-0.2, 0) is 17.8 Å². The Kier molecular flexibility index (Phi) is 4.59. The van der Waals surface area contributed by atoms with Gasteiger partial charge in [-0.2, -0.15) is 0 Å². The standard InChI is InChI=1S/C19H17Cl2NO4/c1-11(26-16-3-2-14(20)8-15(16)21)19(23)22-5-4-12-6-17-18(25-10-24-17)7-13(12)9-22/h2-3,6-8,11H,4-5,9-10H2,1H3. The molecule has 0 aromatic heterocycles. The van der Waals surface area contributed by atoms with E-state index >= 15 is 0 Å². The highest BCUT2D eigenvalue weighted by atomic mass is 35.5. The summed E-state index contributed by atoms with van der Waals surface area (Å²) >= 11 is 12.0. The first kappa shape index (κ1) is 17.3. The fourth-order valence-corrected chi connectivity index (χ4v) is 3.66. The third kappa shape index (κ3) is 3.29. The average molecular weight is 394 g/mol. The molecule has 0 fully saturated rings. The number of rotatable bonds is 3. The second-order valence-electron chi connectivity index (χ2n) is 6.32. The fourth-order valence-electron chi connectivity index (χ4n) is 3.20. The Morgan fingerprint density at radius 1 is 1.15 bits per heavy atom. The van der Waals surface area contributed by atoms with E-state index in [0.717, 1.165) is 23.5 Å². The number of ether oxygens (including phenoxy) is 3. The molecule has 0 aliphatic carbocycles. The normalized spacial score (nSPS) is 16.2. The molecule has 2 aliphatic heterocycles. The molecule has 1 atom stereocenters. The lowest BCUT2D eigenvalue weighted by atomic mass is 9.98. The zero-order chi connectivity index (χ0) is 18.3. The second kappa shape index (κ2) is 6.89. The molecule has 0 spiro atoms. The Balaban J connectivity index is 1.47. The highest BCUT2D eigenvalue weighted by Crippen LogP contribution is 2.37. The zero-order valence-electron chi connectivity index (χ0n) is 14.1. The second-order valence-corrected chi connectivity index (χ2v) is 7.16. The first-order chi connectivity index (χ1) is 12.5. The minimum atomic E-state index is -0.649. The fraction of sp³-hybridized carbons (Fsp3) is 0.316. The smallest absolute Gasteiger partial charge is 0.263 e. The van der Waals surface area contributed by atoms with Crippen molar-refractivity contribution >= 4 is 29.1 Å². The summed E-state index contributed by atoms with van der Waals surface area (Å²) in [6.45, 7) is 3.12. The van der Waals surface area contributed by atoms with Gasteiger partial charge in [-0.3, -0.25) is 4.79 Å². The Hall–Kier alpha value is -2.11. The van der Waals surface area contributed by atoms with Gasteiger partial charge in [0.2, 0.25) is 6.79 Å². The van der Waals surface area contributed by atoms with Gasteiger partial charge in [0.05, 0.1) is 5.02 Å². The maximum absolute atomic E-state index is 12.8. The van der Waals surface area contributed by atoms with Gasteiger partial charge in [-0.25, -0.2) is 0 Å². The van der Waals surface area contributed by atoms with E-state index in [4.69, 9.17) is 37.4 Å². The van der Waals surface area contributed by atoms with Gasteiger partial charge in [-0.15, -0.1) is 0 Å². The molecule has 2 aromatic rings. The van der Waals surface area contributed by atoms with Crippen LogP contribution >= 0.6 is 23.2 Å². The van der Waals surface area contributed by atoms with Crippen LogP contribution in [0.25, 0.3) is 0 Å². The van der Waals surface area contributed by atoms with Crippen molar-refractivity contribution in [3.05, 3.63) is 51.5 Å². The number of fused-ring (bicyclic) bond motifs is 2. The van der Waals surface area contributed by atoms with E-state index in [1.807, 2.05) is 12.1 Å².